The number of carbonyl (C=O) groups is 1. The van der Waals surface area contributed by atoms with Crippen molar-refractivity contribution in [2.45, 2.75) is 57.5 Å². The number of nitrogens with zero attached hydrogens (tertiary/aromatic N) is 5. The zero-order chi connectivity index (χ0) is 19.8. The van der Waals surface area contributed by atoms with Crippen LogP contribution in [0, 0.1) is 11.8 Å². The van der Waals surface area contributed by atoms with Gasteiger partial charge in [-0.1, -0.05) is 31.9 Å². The molecular weight excluding hydrogens is 362 g/mol. The molecule has 3 aliphatic heterocycles. The molecule has 6 nitrogen and oxygen atoms in total. The van der Waals surface area contributed by atoms with E-state index in [1.807, 2.05) is 24.3 Å². The molecule has 0 N–H and O–H groups in total. The monoisotopic (exact) mass is 393 g/mol. The van der Waals surface area contributed by atoms with Crippen LogP contribution in [0.15, 0.2) is 36.9 Å². The molecule has 2 aromatic rings. The number of benzene rings is 1. The molecule has 1 aromatic heterocycles. The first kappa shape index (κ1) is 18.8. The molecule has 1 amide bonds. The Morgan fingerprint density at radius 1 is 1.17 bits per heavy atom. The highest BCUT2D eigenvalue weighted by Crippen LogP contribution is 2.40. The largest absolute Gasteiger partial charge is 0.338 e. The van der Waals surface area contributed by atoms with Crippen molar-refractivity contribution in [1.82, 2.24) is 24.6 Å². The molecule has 0 radical (unpaired) electrons. The first-order valence-electron chi connectivity index (χ1n) is 11.2. The summed E-state index contributed by atoms with van der Waals surface area (Å²) in [7, 11) is 0. The van der Waals surface area contributed by atoms with Crippen LogP contribution in [-0.4, -0.2) is 62.2 Å². The fourth-order valence-electron chi connectivity index (χ4n) is 6.08. The fourth-order valence-corrected chi connectivity index (χ4v) is 6.08. The molecule has 4 atom stereocenters. The average molecular weight is 394 g/mol. The summed E-state index contributed by atoms with van der Waals surface area (Å²) in [4.78, 5) is 22.5. The Labute approximate surface area is 172 Å². The van der Waals surface area contributed by atoms with Gasteiger partial charge in [-0.15, -0.1) is 0 Å². The van der Waals surface area contributed by atoms with Gasteiger partial charge in [-0.25, -0.2) is 9.67 Å². The Balaban J connectivity index is 1.37. The second-order valence-electron chi connectivity index (χ2n) is 9.07. The number of aromatic nitrogens is 3. The quantitative estimate of drug-likeness (QED) is 0.799. The van der Waals surface area contributed by atoms with Crippen LogP contribution < -0.4 is 0 Å². The first-order valence-corrected chi connectivity index (χ1v) is 11.2. The van der Waals surface area contributed by atoms with Gasteiger partial charge in [0.2, 0.25) is 0 Å². The van der Waals surface area contributed by atoms with Crippen LogP contribution in [0.2, 0.25) is 0 Å². The van der Waals surface area contributed by atoms with Gasteiger partial charge in [-0.3, -0.25) is 9.69 Å². The first-order chi connectivity index (χ1) is 14.2. The molecule has 154 valence electrons. The lowest BCUT2D eigenvalue weighted by atomic mass is 9.74. The SMILES string of the molecule is CCC[C@H]1CCC[C@H]2[C@@H]3C[C@@H](CN(C(=O)c4ccccc4-n4cncn4)C3)CN12. The minimum atomic E-state index is 0.139. The van der Waals surface area contributed by atoms with Gasteiger partial charge < -0.3 is 4.90 Å². The summed E-state index contributed by atoms with van der Waals surface area (Å²) in [6.45, 7) is 5.24. The Kier molecular flexibility index (Phi) is 5.12. The molecule has 3 aliphatic rings. The summed E-state index contributed by atoms with van der Waals surface area (Å²) in [6, 6.07) is 9.19. The maximum absolute atomic E-state index is 13.5. The number of hydrogen-bond donors (Lipinski definition) is 0. The number of piperidine rings is 3. The number of likely N-dealkylation sites (tertiary alicyclic amines) is 1. The van der Waals surface area contributed by atoms with Crippen molar-refractivity contribution >= 4 is 5.91 Å². The van der Waals surface area contributed by atoms with E-state index in [0.29, 0.717) is 17.9 Å². The average Bonchev–Trinajstić information content (AvgIpc) is 3.29. The third-order valence-corrected chi connectivity index (χ3v) is 7.22. The predicted molar refractivity (Wildman–Crippen MR) is 112 cm³/mol. The summed E-state index contributed by atoms with van der Waals surface area (Å²) < 4.78 is 1.69. The summed E-state index contributed by atoms with van der Waals surface area (Å²) in [5.41, 5.74) is 1.54. The molecule has 6 heteroatoms. The molecule has 29 heavy (non-hydrogen) atoms. The lowest BCUT2D eigenvalue weighted by Gasteiger charge is -2.55. The highest BCUT2D eigenvalue weighted by molar-refractivity contribution is 5.97. The Hall–Kier alpha value is -2.21. The lowest BCUT2D eigenvalue weighted by molar-refractivity contribution is -0.0518. The third-order valence-electron chi connectivity index (χ3n) is 7.22. The van der Waals surface area contributed by atoms with Crippen LogP contribution in [0.4, 0.5) is 0 Å². The molecule has 5 rings (SSSR count). The molecule has 3 saturated heterocycles. The number of hydrogen-bond acceptors (Lipinski definition) is 4. The van der Waals surface area contributed by atoms with Crippen LogP contribution in [0.5, 0.6) is 0 Å². The molecule has 2 bridgehead atoms. The van der Waals surface area contributed by atoms with Gasteiger partial charge >= 0.3 is 0 Å². The molecule has 1 aromatic carbocycles. The second kappa shape index (κ2) is 7.90. The van der Waals surface area contributed by atoms with E-state index in [1.165, 1.54) is 51.4 Å². The van der Waals surface area contributed by atoms with Crippen LogP contribution >= 0.6 is 0 Å². The summed E-state index contributed by atoms with van der Waals surface area (Å²) >= 11 is 0. The number of para-hydroxylation sites is 1. The highest BCUT2D eigenvalue weighted by atomic mass is 16.2. The smallest absolute Gasteiger partial charge is 0.256 e. The minimum Gasteiger partial charge on any atom is -0.338 e. The van der Waals surface area contributed by atoms with E-state index >= 15 is 0 Å². The number of rotatable bonds is 4. The number of fused-ring (bicyclic) bond motifs is 4. The van der Waals surface area contributed by atoms with E-state index < -0.39 is 0 Å². The third kappa shape index (κ3) is 3.48. The van der Waals surface area contributed by atoms with Crippen molar-refractivity contribution in [2.24, 2.45) is 11.8 Å². The molecule has 0 saturated carbocycles. The van der Waals surface area contributed by atoms with Crippen LogP contribution in [-0.2, 0) is 0 Å². The zero-order valence-corrected chi connectivity index (χ0v) is 17.3. The standard InChI is InChI=1S/C23H31N5O/c1-2-6-19-7-5-10-21-18-11-17(13-27(19)21)12-26(14-18)23(29)20-8-3-4-9-22(20)28-16-24-15-25-28/h3-4,8-9,15-19,21H,2,5-7,10-14H2,1H3/t17-,18+,19-,21-/m0/s1. The van der Waals surface area contributed by atoms with E-state index in [9.17, 15) is 4.79 Å². The van der Waals surface area contributed by atoms with Gasteiger partial charge in [0, 0.05) is 31.7 Å². The van der Waals surface area contributed by atoms with Crippen molar-refractivity contribution in [3.05, 3.63) is 42.5 Å². The number of amides is 1. The van der Waals surface area contributed by atoms with Crippen molar-refractivity contribution in [1.29, 1.82) is 0 Å². The maximum Gasteiger partial charge on any atom is 0.256 e. The normalized spacial score (nSPS) is 29.5. The predicted octanol–water partition coefficient (Wildman–Crippen LogP) is 3.38. The number of carbonyl (C=O) groups excluding carboxylic acids is 1. The van der Waals surface area contributed by atoms with Crippen molar-refractivity contribution < 1.29 is 4.79 Å². The van der Waals surface area contributed by atoms with Gasteiger partial charge in [-0.05, 0) is 49.7 Å². The fraction of sp³-hybridized carbons (Fsp3) is 0.609. The summed E-state index contributed by atoms with van der Waals surface area (Å²) in [5.74, 6) is 1.36. The van der Waals surface area contributed by atoms with Gasteiger partial charge in [0.25, 0.3) is 5.91 Å². The van der Waals surface area contributed by atoms with E-state index in [4.69, 9.17) is 0 Å². The minimum absolute atomic E-state index is 0.139. The van der Waals surface area contributed by atoms with Crippen molar-refractivity contribution in [3.8, 4) is 5.69 Å². The summed E-state index contributed by atoms with van der Waals surface area (Å²) in [5, 5.41) is 4.24. The summed E-state index contributed by atoms with van der Waals surface area (Å²) in [6.07, 6.45) is 11.1. The van der Waals surface area contributed by atoms with Gasteiger partial charge in [0.1, 0.15) is 12.7 Å². The van der Waals surface area contributed by atoms with E-state index in [1.54, 1.807) is 11.0 Å². The molecule has 0 unspecified atom stereocenters. The van der Waals surface area contributed by atoms with Crippen LogP contribution in [0.1, 0.15) is 55.8 Å². The van der Waals surface area contributed by atoms with Crippen molar-refractivity contribution in [2.75, 3.05) is 19.6 Å². The second-order valence-corrected chi connectivity index (χ2v) is 9.07. The van der Waals surface area contributed by atoms with Crippen LogP contribution in [0.3, 0.4) is 0 Å². The maximum atomic E-state index is 13.5. The van der Waals surface area contributed by atoms with E-state index in [2.05, 4.69) is 26.8 Å². The highest BCUT2D eigenvalue weighted by Gasteiger charge is 2.45. The molecular formula is C23H31N5O. The molecule has 0 aliphatic carbocycles. The Bertz CT molecular complexity index is 849. The van der Waals surface area contributed by atoms with Gasteiger partial charge in [-0.2, -0.15) is 5.10 Å². The van der Waals surface area contributed by atoms with Crippen LogP contribution in [0.25, 0.3) is 5.69 Å². The topological polar surface area (TPSA) is 54.3 Å². The Morgan fingerprint density at radius 2 is 2.07 bits per heavy atom. The zero-order valence-electron chi connectivity index (χ0n) is 17.3. The van der Waals surface area contributed by atoms with Gasteiger partial charge in [0.05, 0.1) is 11.3 Å². The Morgan fingerprint density at radius 3 is 2.90 bits per heavy atom. The van der Waals surface area contributed by atoms with E-state index in [0.717, 1.165) is 30.4 Å². The molecule has 3 fully saturated rings. The molecule has 0 spiro atoms. The van der Waals surface area contributed by atoms with E-state index in [-0.39, 0.29) is 5.91 Å². The lowest BCUT2D eigenvalue weighted by Crippen LogP contribution is -2.62. The molecule has 4 heterocycles. The van der Waals surface area contributed by atoms with Gasteiger partial charge in [0.15, 0.2) is 0 Å². The van der Waals surface area contributed by atoms with Crippen molar-refractivity contribution in [3.63, 3.8) is 0 Å².